The molecule has 0 radical (unpaired) electrons. The van der Waals surface area contributed by atoms with Crippen LogP contribution in [-0.2, 0) is 5.54 Å². The lowest BCUT2D eigenvalue weighted by atomic mass is 9.64. The van der Waals surface area contributed by atoms with Crippen molar-refractivity contribution in [1.82, 2.24) is 10.6 Å². The zero-order valence-corrected chi connectivity index (χ0v) is 27.2. The molecule has 0 saturated carbocycles. The van der Waals surface area contributed by atoms with Crippen molar-refractivity contribution in [3.05, 3.63) is 196 Å². The Hall–Kier alpha value is -4.66. The highest BCUT2D eigenvalue weighted by molar-refractivity contribution is 5.68. The molecule has 0 aliphatic heterocycles. The first kappa shape index (κ1) is 31.3. The molecule has 6 rings (SSSR count). The van der Waals surface area contributed by atoms with Gasteiger partial charge in [-0.15, -0.1) is 5.73 Å². The molecule has 3 nitrogen and oxygen atoms in total. The highest BCUT2D eigenvalue weighted by atomic mass is 14.9. The summed E-state index contributed by atoms with van der Waals surface area (Å²) in [5.41, 5.74) is 23.6. The van der Waals surface area contributed by atoms with Gasteiger partial charge in [-0.25, -0.2) is 0 Å². The van der Waals surface area contributed by atoms with Crippen molar-refractivity contribution >= 4 is 0 Å². The maximum Gasteiger partial charge on any atom is 0.0700 e. The van der Waals surface area contributed by atoms with Crippen LogP contribution in [0.1, 0.15) is 44.6 Å². The second-order valence-corrected chi connectivity index (χ2v) is 12.6. The third-order valence-corrected chi connectivity index (χ3v) is 9.85. The third-order valence-electron chi connectivity index (χ3n) is 9.85. The number of likely N-dealkylation sites (N-methyl/N-ethyl adjacent to an activating group) is 1. The van der Waals surface area contributed by atoms with Crippen LogP contribution in [-0.4, -0.2) is 13.1 Å². The van der Waals surface area contributed by atoms with E-state index in [-0.39, 0.29) is 0 Å². The Balaban J connectivity index is 1.29. The second-order valence-electron chi connectivity index (χ2n) is 12.6. The van der Waals surface area contributed by atoms with Gasteiger partial charge in [0.1, 0.15) is 0 Å². The monoisotopic (exact) mass is 603 g/mol. The summed E-state index contributed by atoms with van der Waals surface area (Å²) in [6, 6.07) is 11.1. The van der Waals surface area contributed by atoms with E-state index in [1.807, 2.05) is 50.4 Å². The van der Waals surface area contributed by atoms with Crippen LogP contribution >= 0.6 is 0 Å². The predicted molar refractivity (Wildman–Crippen MR) is 194 cm³/mol. The van der Waals surface area contributed by atoms with E-state index in [4.69, 9.17) is 5.73 Å². The van der Waals surface area contributed by atoms with Crippen LogP contribution in [0.5, 0.6) is 0 Å². The van der Waals surface area contributed by atoms with E-state index in [2.05, 4.69) is 108 Å². The molecule has 46 heavy (non-hydrogen) atoms. The molecule has 232 valence electrons. The van der Waals surface area contributed by atoms with Crippen LogP contribution in [0, 0.1) is 5.92 Å². The molecular formula is C43H45N3. The third kappa shape index (κ3) is 6.10. The molecule has 0 bridgehead atoms. The van der Waals surface area contributed by atoms with E-state index >= 15 is 0 Å². The first-order chi connectivity index (χ1) is 22.5. The maximum atomic E-state index is 7.63. The van der Waals surface area contributed by atoms with Gasteiger partial charge in [0.05, 0.1) is 5.54 Å². The first-order valence-corrected chi connectivity index (χ1v) is 16.4. The van der Waals surface area contributed by atoms with Crippen LogP contribution in [0.15, 0.2) is 190 Å². The molecule has 0 fully saturated rings. The maximum absolute atomic E-state index is 7.63. The molecule has 1 aromatic rings. The average Bonchev–Trinajstić information content (AvgIpc) is 3.84. The average molecular weight is 604 g/mol. The molecule has 0 aromatic heterocycles. The molecule has 0 saturated heterocycles. The van der Waals surface area contributed by atoms with Crippen molar-refractivity contribution < 1.29 is 0 Å². The highest BCUT2D eigenvalue weighted by Gasteiger charge is 2.46. The van der Waals surface area contributed by atoms with E-state index < -0.39 is 5.54 Å². The summed E-state index contributed by atoms with van der Waals surface area (Å²) in [6.45, 7) is 10.6. The van der Waals surface area contributed by atoms with Gasteiger partial charge < -0.3 is 16.4 Å². The Morgan fingerprint density at radius 2 is 2.00 bits per heavy atom. The van der Waals surface area contributed by atoms with E-state index in [0.717, 1.165) is 54.6 Å². The fourth-order valence-corrected chi connectivity index (χ4v) is 7.30. The number of hydrogen-bond acceptors (Lipinski definition) is 3. The van der Waals surface area contributed by atoms with Gasteiger partial charge >= 0.3 is 0 Å². The second kappa shape index (κ2) is 13.8. The number of allylic oxidation sites excluding steroid dienone is 18. The standard InChI is InChI=1S/C43H45N3/c1-5-7-9-15-30(3)39-27-34(31-16-12-13-17-31)28-41(39)46-37(6-2)24-22-32-26-33-23-25-40(42(32)33)43(44,35-18-10-8-11-19-35)36-20-14-21-38(29-36)45-4/h5-16,18-19,21-22,24-25,28,36,38,45-46H,2-3,20,23,26-27,29,44H2,1,4H3/b7-5-,15-9-,32-22+,37-24+/t36?,38-,43?/m1/s1. The normalized spacial score (nSPS) is 24.5. The van der Waals surface area contributed by atoms with Gasteiger partial charge in [-0.1, -0.05) is 104 Å². The molecule has 4 N–H and O–H groups in total. The Kier molecular flexibility index (Phi) is 9.38. The topological polar surface area (TPSA) is 50.1 Å². The van der Waals surface area contributed by atoms with E-state index in [0.29, 0.717) is 12.0 Å². The summed E-state index contributed by atoms with van der Waals surface area (Å²) < 4.78 is 0. The van der Waals surface area contributed by atoms with Crippen molar-refractivity contribution in [3.8, 4) is 0 Å². The van der Waals surface area contributed by atoms with E-state index in [9.17, 15) is 0 Å². The quantitative estimate of drug-likeness (QED) is 0.127. The minimum Gasteiger partial charge on any atom is -0.355 e. The largest absolute Gasteiger partial charge is 0.355 e. The van der Waals surface area contributed by atoms with Gasteiger partial charge in [0.25, 0.3) is 0 Å². The van der Waals surface area contributed by atoms with Crippen molar-refractivity contribution in [2.24, 2.45) is 11.7 Å². The van der Waals surface area contributed by atoms with Crippen LogP contribution in [0.3, 0.4) is 0 Å². The van der Waals surface area contributed by atoms with Crippen molar-refractivity contribution in [2.45, 2.75) is 50.6 Å². The minimum atomic E-state index is -0.565. The van der Waals surface area contributed by atoms with Gasteiger partial charge in [0.15, 0.2) is 0 Å². The van der Waals surface area contributed by atoms with Crippen molar-refractivity contribution in [2.75, 3.05) is 7.05 Å². The number of nitrogens with two attached hydrogens (primary N) is 1. The van der Waals surface area contributed by atoms with Crippen LogP contribution < -0.4 is 16.4 Å². The van der Waals surface area contributed by atoms with Gasteiger partial charge in [0, 0.05) is 29.4 Å². The number of benzene rings is 1. The molecule has 5 aliphatic carbocycles. The predicted octanol–water partition coefficient (Wildman–Crippen LogP) is 8.94. The number of nitrogens with one attached hydrogen (secondary N) is 2. The fourth-order valence-electron chi connectivity index (χ4n) is 7.30. The molecule has 0 spiro atoms. The van der Waals surface area contributed by atoms with Gasteiger partial charge in [-0.05, 0) is 115 Å². The minimum absolute atomic E-state index is 0.293. The Bertz CT molecular complexity index is 1800. The summed E-state index contributed by atoms with van der Waals surface area (Å²) in [4.78, 5) is 0. The number of rotatable bonds is 12. The zero-order valence-electron chi connectivity index (χ0n) is 27.2. The van der Waals surface area contributed by atoms with E-state index in [1.54, 1.807) is 0 Å². The lowest BCUT2D eigenvalue weighted by molar-refractivity contribution is 0.279. The summed E-state index contributed by atoms with van der Waals surface area (Å²) in [5, 5.41) is 7.14. The Morgan fingerprint density at radius 3 is 2.74 bits per heavy atom. The van der Waals surface area contributed by atoms with Gasteiger partial charge in [-0.2, -0.15) is 0 Å². The summed E-state index contributed by atoms with van der Waals surface area (Å²) >= 11 is 0. The fraction of sp³-hybridized carbons (Fsp3) is 0.233. The van der Waals surface area contributed by atoms with Crippen molar-refractivity contribution in [1.29, 1.82) is 0 Å². The Labute approximate surface area is 275 Å². The molecule has 3 atom stereocenters. The first-order valence-electron chi connectivity index (χ1n) is 16.4. The van der Waals surface area contributed by atoms with Crippen LogP contribution in [0.25, 0.3) is 0 Å². The lowest BCUT2D eigenvalue weighted by Crippen LogP contribution is -2.49. The molecule has 3 heteroatoms. The number of hydrogen-bond donors (Lipinski definition) is 3. The van der Waals surface area contributed by atoms with Crippen LogP contribution in [0.4, 0.5) is 0 Å². The van der Waals surface area contributed by atoms with E-state index in [1.165, 1.54) is 39.0 Å². The van der Waals surface area contributed by atoms with Gasteiger partial charge in [-0.3, -0.25) is 0 Å². The van der Waals surface area contributed by atoms with Crippen LogP contribution in [0.2, 0.25) is 0 Å². The molecule has 2 unspecified atom stereocenters. The highest BCUT2D eigenvalue weighted by Crippen LogP contribution is 2.54. The molecular weight excluding hydrogens is 558 g/mol. The van der Waals surface area contributed by atoms with Crippen molar-refractivity contribution in [3.63, 3.8) is 0 Å². The zero-order chi connectivity index (χ0) is 32.1. The lowest BCUT2D eigenvalue weighted by Gasteiger charge is -2.44. The smallest absolute Gasteiger partial charge is 0.0700 e. The molecule has 1 aromatic carbocycles. The Morgan fingerprint density at radius 1 is 1.15 bits per heavy atom. The summed E-state index contributed by atoms with van der Waals surface area (Å²) in [7, 11) is 2.04. The molecule has 5 aliphatic rings. The molecule has 0 amide bonds. The SMILES string of the molecule is C=C/C(=C\C=C1/CC2=C1C(C(N)(c1ccccc1)C1CC=C[C@@H](NC)C1)=CC2)NC1=C(C(=C)/C=C\C=C/C)CC(C2=C=CC=C2)=C1. The molecule has 0 heterocycles. The summed E-state index contributed by atoms with van der Waals surface area (Å²) in [6.07, 6.45) is 34.6. The summed E-state index contributed by atoms with van der Waals surface area (Å²) in [5.74, 6) is 0.293. The van der Waals surface area contributed by atoms with Gasteiger partial charge in [0.2, 0.25) is 0 Å².